The fraction of sp³-hybridized carbons (Fsp3) is 0.571. The second-order valence-corrected chi connectivity index (χ2v) is 8.46. The van der Waals surface area contributed by atoms with Crippen LogP contribution in [0.15, 0.2) is 18.2 Å². The van der Waals surface area contributed by atoms with E-state index in [1.165, 1.54) is 0 Å². The highest BCUT2D eigenvalue weighted by Crippen LogP contribution is 2.32. The number of anilines is 1. The predicted octanol–water partition coefficient (Wildman–Crippen LogP) is 2.05. The van der Waals surface area contributed by atoms with Crippen LogP contribution >= 0.6 is 0 Å². The Morgan fingerprint density at radius 1 is 1.03 bits per heavy atom. The molecule has 0 radical (unpaired) electrons. The monoisotopic (exact) mass is 434 g/mol. The van der Waals surface area contributed by atoms with Crippen molar-refractivity contribution >= 4 is 23.7 Å². The zero-order valence-electron chi connectivity index (χ0n) is 18.2. The van der Waals surface area contributed by atoms with Gasteiger partial charge in [0.25, 0.3) is 0 Å². The molecule has 0 aromatic heterocycles. The van der Waals surface area contributed by atoms with Crippen LogP contribution in [0.5, 0.6) is 11.5 Å². The Hall–Kier alpha value is -3.01. The molecule has 0 saturated carbocycles. The molecule has 1 fully saturated rings. The van der Waals surface area contributed by atoms with Gasteiger partial charge in [0.2, 0.25) is 5.91 Å². The van der Waals surface area contributed by atoms with Gasteiger partial charge in [-0.1, -0.05) is 0 Å². The van der Waals surface area contributed by atoms with E-state index in [0.29, 0.717) is 56.6 Å². The van der Waals surface area contributed by atoms with Crippen molar-refractivity contribution in [1.82, 2.24) is 15.1 Å². The fourth-order valence-electron chi connectivity index (χ4n) is 3.19. The third kappa shape index (κ3) is 7.02. The maximum atomic E-state index is 12.2. The van der Waals surface area contributed by atoms with E-state index in [1.807, 2.05) is 25.7 Å². The lowest BCUT2D eigenvalue weighted by Crippen LogP contribution is -2.52. The second kappa shape index (κ2) is 9.86. The van der Waals surface area contributed by atoms with Crippen LogP contribution in [-0.4, -0.2) is 79.4 Å². The lowest BCUT2D eigenvalue weighted by Gasteiger charge is -2.35. The Bertz CT molecular complexity index is 815. The number of nitrogens with zero attached hydrogens (tertiary/aromatic N) is 2. The van der Waals surface area contributed by atoms with Gasteiger partial charge in [0.15, 0.2) is 11.5 Å². The molecule has 31 heavy (non-hydrogen) atoms. The lowest BCUT2D eigenvalue weighted by atomic mass is 10.2. The number of fused-ring (bicyclic) bond motifs is 1. The van der Waals surface area contributed by atoms with Crippen LogP contribution in [0.25, 0.3) is 0 Å². The second-order valence-electron chi connectivity index (χ2n) is 8.46. The van der Waals surface area contributed by atoms with Crippen molar-refractivity contribution in [3.8, 4) is 11.5 Å². The number of nitrogens with one attached hydrogen (secondary N) is 2. The summed E-state index contributed by atoms with van der Waals surface area (Å²) in [6.07, 6.45) is 0.435. The summed E-state index contributed by atoms with van der Waals surface area (Å²) in [6, 6.07) is 4.46. The minimum absolute atomic E-state index is 0.0662. The molecule has 10 heteroatoms. The SMILES string of the molecule is CC(C)(C)OC(=O)N1CCN(CC(=O)NC(=O)Nc2ccc3c(c2)OCCCO3)CC1. The number of rotatable bonds is 3. The minimum atomic E-state index is -0.619. The summed E-state index contributed by atoms with van der Waals surface area (Å²) in [5.74, 6) is 0.770. The van der Waals surface area contributed by atoms with Crippen LogP contribution in [0.1, 0.15) is 27.2 Å². The highest BCUT2D eigenvalue weighted by atomic mass is 16.6. The molecule has 4 amide bonds. The van der Waals surface area contributed by atoms with Gasteiger partial charge < -0.3 is 24.4 Å². The van der Waals surface area contributed by atoms with Gasteiger partial charge in [0.1, 0.15) is 5.60 Å². The molecule has 1 aromatic carbocycles. The molecule has 0 unspecified atom stereocenters. The largest absolute Gasteiger partial charge is 0.490 e. The van der Waals surface area contributed by atoms with Crippen molar-refractivity contribution in [2.75, 3.05) is 51.3 Å². The zero-order chi connectivity index (χ0) is 22.4. The van der Waals surface area contributed by atoms with Crippen molar-refractivity contribution < 1.29 is 28.6 Å². The highest BCUT2D eigenvalue weighted by molar-refractivity contribution is 6.01. The fourth-order valence-corrected chi connectivity index (χ4v) is 3.19. The highest BCUT2D eigenvalue weighted by Gasteiger charge is 2.26. The van der Waals surface area contributed by atoms with Gasteiger partial charge in [0, 0.05) is 44.4 Å². The molecule has 2 aliphatic rings. The van der Waals surface area contributed by atoms with Gasteiger partial charge in [0.05, 0.1) is 19.8 Å². The average Bonchev–Trinajstić information content (AvgIpc) is 2.92. The van der Waals surface area contributed by atoms with Crippen molar-refractivity contribution in [3.63, 3.8) is 0 Å². The number of amides is 4. The maximum Gasteiger partial charge on any atom is 0.410 e. The third-order valence-corrected chi connectivity index (χ3v) is 4.65. The number of benzene rings is 1. The first-order valence-electron chi connectivity index (χ1n) is 10.4. The molecule has 0 atom stereocenters. The van der Waals surface area contributed by atoms with E-state index in [-0.39, 0.29) is 12.6 Å². The van der Waals surface area contributed by atoms with Crippen molar-refractivity contribution in [2.24, 2.45) is 0 Å². The molecule has 0 aliphatic carbocycles. The topological polar surface area (TPSA) is 109 Å². The molecule has 0 bridgehead atoms. The first-order chi connectivity index (χ1) is 14.7. The van der Waals surface area contributed by atoms with Crippen LogP contribution in [0.4, 0.5) is 15.3 Å². The Kier molecular flexibility index (Phi) is 7.21. The van der Waals surface area contributed by atoms with Gasteiger partial charge in [-0.15, -0.1) is 0 Å². The zero-order valence-corrected chi connectivity index (χ0v) is 18.2. The summed E-state index contributed by atoms with van der Waals surface area (Å²) in [4.78, 5) is 40.0. The summed E-state index contributed by atoms with van der Waals surface area (Å²) in [7, 11) is 0. The number of imide groups is 1. The molecule has 1 aromatic rings. The normalized spacial score (nSPS) is 16.8. The number of hydrogen-bond acceptors (Lipinski definition) is 7. The Morgan fingerprint density at radius 3 is 2.39 bits per heavy atom. The van der Waals surface area contributed by atoms with Crippen LogP contribution in [0.2, 0.25) is 0 Å². The molecular formula is C21H30N4O6. The van der Waals surface area contributed by atoms with E-state index >= 15 is 0 Å². The molecular weight excluding hydrogens is 404 g/mol. The maximum absolute atomic E-state index is 12.2. The molecule has 2 heterocycles. The lowest BCUT2D eigenvalue weighted by molar-refractivity contribution is -0.121. The standard InChI is InChI=1S/C21H30N4O6/c1-21(2,3)31-20(28)25-9-7-24(8-10-25)14-18(26)23-19(27)22-15-5-6-16-17(13-15)30-12-4-11-29-16/h5-6,13H,4,7-12,14H2,1-3H3,(H2,22,23,26,27). The van der Waals surface area contributed by atoms with E-state index in [4.69, 9.17) is 14.2 Å². The third-order valence-electron chi connectivity index (χ3n) is 4.65. The van der Waals surface area contributed by atoms with Crippen molar-refractivity contribution in [2.45, 2.75) is 32.8 Å². The number of carbonyl (C=O) groups excluding carboxylic acids is 3. The van der Waals surface area contributed by atoms with Gasteiger partial charge in [-0.25, -0.2) is 9.59 Å². The van der Waals surface area contributed by atoms with Gasteiger partial charge in [-0.2, -0.15) is 0 Å². The molecule has 1 saturated heterocycles. The van der Waals surface area contributed by atoms with Gasteiger partial charge in [-0.3, -0.25) is 15.0 Å². The number of urea groups is 1. The van der Waals surface area contributed by atoms with E-state index < -0.39 is 17.5 Å². The van der Waals surface area contributed by atoms with Crippen molar-refractivity contribution in [3.05, 3.63) is 18.2 Å². The van der Waals surface area contributed by atoms with Gasteiger partial charge >= 0.3 is 12.1 Å². The Labute approximate surface area is 181 Å². The Morgan fingerprint density at radius 2 is 1.71 bits per heavy atom. The van der Waals surface area contributed by atoms with E-state index in [0.717, 1.165) is 6.42 Å². The first-order valence-corrected chi connectivity index (χ1v) is 10.4. The molecule has 170 valence electrons. The molecule has 3 rings (SSSR count). The molecule has 10 nitrogen and oxygen atoms in total. The molecule has 2 N–H and O–H groups in total. The van der Waals surface area contributed by atoms with Crippen molar-refractivity contribution in [1.29, 1.82) is 0 Å². The number of carbonyl (C=O) groups is 3. The summed E-state index contributed by atoms with van der Waals surface area (Å²) in [6.45, 7) is 8.64. The average molecular weight is 434 g/mol. The Balaban J connectivity index is 1.41. The van der Waals surface area contributed by atoms with E-state index in [1.54, 1.807) is 23.1 Å². The summed E-state index contributed by atoms with van der Waals surface area (Å²) < 4.78 is 16.5. The molecule has 0 spiro atoms. The quantitative estimate of drug-likeness (QED) is 0.749. The summed E-state index contributed by atoms with van der Waals surface area (Å²) in [5.41, 5.74) is -0.0433. The smallest absolute Gasteiger partial charge is 0.410 e. The first kappa shape index (κ1) is 22.7. The summed E-state index contributed by atoms with van der Waals surface area (Å²) in [5, 5.41) is 4.96. The van der Waals surface area contributed by atoms with E-state index in [2.05, 4.69) is 10.6 Å². The van der Waals surface area contributed by atoms with E-state index in [9.17, 15) is 14.4 Å². The number of piperazine rings is 1. The summed E-state index contributed by atoms with van der Waals surface area (Å²) >= 11 is 0. The van der Waals surface area contributed by atoms with Crippen LogP contribution < -0.4 is 20.1 Å². The van der Waals surface area contributed by atoms with Crippen LogP contribution in [-0.2, 0) is 9.53 Å². The number of ether oxygens (including phenoxy) is 3. The van der Waals surface area contributed by atoms with Gasteiger partial charge in [-0.05, 0) is 32.9 Å². The number of hydrogen-bond donors (Lipinski definition) is 2. The van der Waals surface area contributed by atoms with Crippen LogP contribution in [0.3, 0.4) is 0 Å². The molecule has 2 aliphatic heterocycles. The minimum Gasteiger partial charge on any atom is -0.490 e. The van der Waals surface area contributed by atoms with Crippen LogP contribution in [0, 0.1) is 0 Å². The predicted molar refractivity (Wildman–Crippen MR) is 113 cm³/mol.